The van der Waals surface area contributed by atoms with Crippen LogP contribution in [0.2, 0.25) is 0 Å². The SMILES string of the molecule is COc1cccc(-c2ccc(C(=O)O)c(NC(=O)c3cc(-c4ccccn4)ccc3O)c2)c1. The number of nitrogens with zero attached hydrogens (tertiary/aromatic N) is 1. The molecule has 0 spiro atoms. The van der Waals surface area contributed by atoms with Crippen LogP contribution in [0, 0.1) is 0 Å². The molecular formula is C26H20N2O5. The van der Waals surface area contributed by atoms with Gasteiger partial charge >= 0.3 is 5.97 Å². The monoisotopic (exact) mass is 440 g/mol. The molecule has 1 aromatic heterocycles. The lowest BCUT2D eigenvalue weighted by Crippen LogP contribution is -2.15. The average molecular weight is 440 g/mol. The molecule has 4 aromatic rings. The molecule has 0 aliphatic carbocycles. The number of pyridine rings is 1. The van der Waals surface area contributed by atoms with Crippen molar-refractivity contribution in [2.24, 2.45) is 0 Å². The number of aromatic nitrogens is 1. The highest BCUT2D eigenvalue weighted by Crippen LogP contribution is 2.30. The van der Waals surface area contributed by atoms with Crippen LogP contribution in [0.4, 0.5) is 5.69 Å². The molecule has 0 bridgehead atoms. The van der Waals surface area contributed by atoms with Gasteiger partial charge in [0.2, 0.25) is 0 Å². The Labute approximate surface area is 189 Å². The van der Waals surface area contributed by atoms with Crippen LogP contribution in [0.1, 0.15) is 20.7 Å². The zero-order chi connectivity index (χ0) is 23.4. The van der Waals surface area contributed by atoms with Crippen LogP contribution < -0.4 is 10.1 Å². The van der Waals surface area contributed by atoms with Crippen molar-refractivity contribution < 1.29 is 24.5 Å². The number of carboxylic acid groups (broad SMARTS) is 1. The number of hydrogen-bond donors (Lipinski definition) is 3. The highest BCUT2D eigenvalue weighted by molar-refractivity contribution is 6.10. The van der Waals surface area contributed by atoms with Crippen molar-refractivity contribution >= 4 is 17.6 Å². The Kier molecular flexibility index (Phi) is 6.04. The normalized spacial score (nSPS) is 10.5. The van der Waals surface area contributed by atoms with Crippen LogP contribution in [0.3, 0.4) is 0 Å². The fourth-order valence-electron chi connectivity index (χ4n) is 3.42. The molecule has 0 saturated carbocycles. The summed E-state index contributed by atoms with van der Waals surface area (Å²) in [6, 6.07) is 21.9. The number of rotatable bonds is 6. The van der Waals surface area contributed by atoms with Crippen molar-refractivity contribution in [2.45, 2.75) is 0 Å². The Bertz CT molecular complexity index is 1340. The van der Waals surface area contributed by atoms with E-state index in [2.05, 4.69) is 10.3 Å². The van der Waals surface area contributed by atoms with Crippen LogP contribution in [0.5, 0.6) is 11.5 Å². The summed E-state index contributed by atoms with van der Waals surface area (Å²) in [6.45, 7) is 0. The number of carbonyl (C=O) groups excluding carboxylic acids is 1. The molecule has 0 atom stereocenters. The second-order valence-corrected chi connectivity index (χ2v) is 7.20. The number of aromatic hydroxyl groups is 1. The lowest BCUT2D eigenvalue weighted by molar-refractivity contribution is 0.0698. The molecule has 0 saturated heterocycles. The summed E-state index contributed by atoms with van der Waals surface area (Å²) in [6.07, 6.45) is 1.63. The first-order chi connectivity index (χ1) is 16.0. The highest BCUT2D eigenvalue weighted by atomic mass is 16.5. The van der Waals surface area contributed by atoms with Gasteiger partial charge in [0.15, 0.2) is 0 Å². The van der Waals surface area contributed by atoms with E-state index in [0.717, 1.165) is 5.56 Å². The largest absolute Gasteiger partial charge is 0.507 e. The third kappa shape index (κ3) is 4.67. The van der Waals surface area contributed by atoms with Crippen molar-refractivity contribution in [2.75, 3.05) is 12.4 Å². The molecule has 33 heavy (non-hydrogen) atoms. The number of anilines is 1. The summed E-state index contributed by atoms with van der Waals surface area (Å²) >= 11 is 0. The molecule has 7 nitrogen and oxygen atoms in total. The molecule has 4 rings (SSSR count). The van der Waals surface area contributed by atoms with Crippen LogP contribution in [-0.2, 0) is 0 Å². The average Bonchev–Trinajstić information content (AvgIpc) is 2.84. The third-order valence-electron chi connectivity index (χ3n) is 5.10. The molecule has 1 heterocycles. The van der Waals surface area contributed by atoms with Gasteiger partial charge in [0.25, 0.3) is 5.91 Å². The van der Waals surface area contributed by atoms with Crippen LogP contribution in [-0.4, -0.2) is 34.2 Å². The number of aromatic carboxylic acids is 1. The maximum Gasteiger partial charge on any atom is 0.337 e. The third-order valence-corrected chi connectivity index (χ3v) is 5.10. The molecule has 7 heteroatoms. The summed E-state index contributed by atoms with van der Waals surface area (Å²) in [4.78, 5) is 29.1. The molecular weight excluding hydrogens is 420 g/mol. The number of methoxy groups -OCH3 is 1. The van der Waals surface area contributed by atoms with Crippen LogP contribution in [0.15, 0.2) is 85.1 Å². The van der Waals surface area contributed by atoms with E-state index in [1.54, 1.807) is 49.7 Å². The van der Waals surface area contributed by atoms with Gasteiger partial charge in [-0.15, -0.1) is 0 Å². The number of amides is 1. The Hall–Kier alpha value is -4.65. The quantitative estimate of drug-likeness (QED) is 0.386. The maximum atomic E-state index is 13.0. The van der Waals surface area contributed by atoms with Gasteiger partial charge in [-0.3, -0.25) is 9.78 Å². The predicted molar refractivity (Wildman–Crippen MR) is 125 cm³/mol. The molecule has 0 unspecified atom stereocenters. The fourth-order valence-corrected chi connectivity index (χ4v) is 3.42. The zero-order valence-corrected chi connectivity index (χ0v) is 17.6. The Morgan fingerprint density at radius 3 is 2.36 bits per heavy atom. The Morgan fingerprint density at radius 1 is 0.848 bits per heavy atom. The van der Waals surface area contributed by atoms with Gasteiger partial charge in [0, 0.05) is 11.8 Å². The van der Waals surface area contributed by atoms with Gasteiger partial charge in [-0.05, 0) is 65.7 Å². The first-order valence-electron chi connectivity index (χ1n) is 10.0. The van der Waals surface area contributed by atoms with Crippen molar-refractivity contribution in [3.63, 3.8) is 0 Å². The number of benzene rings is 3. The lowest BCUT2D eigenvalue weighted by atomic mass is 10.0. The Morgan fingerprint density at radius 2 is 1.64 bits per heavy atom. The van der Waals surface area contributed by atoms with Gasteiger partial charge in [0.05, 0.1) is 29.6 Å². The van der Waals surface area contributed by atoms with E-state index < -0.39 is 11.9 Å². The number of carboxylic acids is 1. The van der Waals surface area contributed by atoms with Crippen molar-refractivity contribution in [1.29, 1.82) is 0 Å². The molecule has 0 aliphatic heterocycles. The van der Waals surface area contributed by atoms with Gasteiger partial charge in [-0.1, -0.05) is 24.3 Å². The number of nitrogens with one attached hydrogen (secondary N) is 1. The first kappa shape index (κ1) is 21.6. The number of hydrogen-bond acceptors (Lipinski definition) is 5. The minimum Gasteiger partial charge on any atom is -0.507 e. The molecule has 1 amide bonds. The Balaban J connectivity index is 1.71. The van der Waals surface area contributed by atoms with Crippen molar-refractivity contribution in [1.82, 2.24) is 4.98 Å². The topological polar surface area (TPSA) is 109 Å². The van der Waals surface area contributed by atoms with E-state index in [1.165, 1.54) is 18.2 Å². The second-order valence-electron chi connectivity index (χ2n) is 7.20. The van der Waals surface area contributed by atoms with Crippen molar-refractivity contribution in [3.05, 3.63) is 96.2 Å². The van der Waals surface area contributed by atoms with Gasteiger partial charge in [-0.2, -0.15) is 0 Å². The summed E-state index contributed by atoms with van der Waals surface area (Å²) in [5.41, 5.74) is 2.80. The molecule has 3 N–H and O–H groups in total. The summed E-state index contributed by atoms with van der Waals surface area (Å²) < 4.78 is 5.26. The zero-order valence-electron chi connectivity index (χ0n) is 17.6. The summed E-state index contributed by atoms with van der Waals surface area (Å²) in [7, 11) is 1.56. The fraction of sp³-hybridized carbons (Fsp3) is 0.0385. The van der Waals surface area contributed by atoms with Crippen molar-refractivity contribution in [3.8, 4) is 33.9 Å². The standard InChI is InChI=1S/C26H20N2O5/c1-33-19-6-4-5-16(13-19)17-8-10-20(26(31)32)23(15-17)28-25(30)21-14-18(9-11-24(21)29)22-7-2-3-12-27-22/h2-15,29H,1H3,(H,28,30)(H,31,32). The second kappa shape index (κ2) is 9.23. The smallest absolute Gasteiger partial charge is 0.337 e. The van der Waals surface area contributed by atoms with E-state index in [9.17, 15) is 19.8 Å². The number of phenols is 1. The minimum atomic E-state index is -1.19. The van der Waals surface area contributed by atoms with E-state index in [-0.39, 0.29) is 22.6 Å². The molecule has 164 valence electrons. The van der Waals surface area contributed by atoms with Crippen LogP contribution >= 0.6 is 0 Å². The number of carbonyl (C=O) groups is 2. The molecule has 0 aliphatic rings. The number of phenolic OH excluding ortho intramolecular Hbond substituents is 1. The highest BCUT2D eigenvalue weighted by Gasteiger charge is 2.18. The molecule has 0 fully saturated rings. The van der Waals surface area contributed by atoms with Gasteiger partial charge in [0.1, 0.15) is 11.5 Å². The minimum absolute atomic E-state index is 0.00118. The van der Waals surface area contributed by atoms with Crippen LogP contribution in [0.25, 0.3) is 22.4 Å². The summed E-state index contributed by atoms with van der Waals surface area (Å²) in [5.74, 6) is -1.41. The molecule has 0 radical (unpaired) electrons. The predicted octanol–water partition coefficient (Wildman–Crippen LogP) is 5.08. The summed E-state index contributed by atoms with van der Waals surface area (Å²) in [5, 5.41) is 22.5. The van der Waals surface area contributed by atoms with E-state index in [0.29, 0.717) is 22.6 Å². The van der Waals surface area contributed by atoms with E-state index >= 15 is 0 Å². The number of ether oxygens (including phenoxy) is 1. The van der Waals surface area contributed by atoms with E-state index in [4.69, 9.17) is 4.74 Å². The first-order valence-corrected chi connectivity index (χ1v) is 10.0. The lowest BCUT2D eigenvalue weighted by Gasteiger charge is -2.13. The van der Waals surface area contributed by atoms with Gasteiger partial charge < -0.3 is 20.3 Å². The maximum absolute atomic E-state index is 13.0. The van der Waals surface area contributed by atoms with Gasteiger partial charge in [-0.25, -0.2) is 4.79 Å². The van der Waals surface area contributed by atoms with E-state index in [1.807, 2.05) is 24.3 Å². The molecule has 3 aromatic carbocycles.